The number of fused-ring (bicyclic) bond motifs is 2. The second-order valence-corrected chi connectivity index (χ2v) is 5.90. The average Bonchev–Trinajstić information content (AvgIpc) is 2.85. The van der Waals surface area contributed by atoms with Gasteiger partial charge in [-0.15, -0.1) is 0 Å². The van der Waals surface area contributed by atoms with Gasteiger partial charge in [-0.05, 0) is 19.3 Å². The molecule has 0 aromatic carbocycles. The lowest BCUT2D eigenvalue weighted by atomic mass is 9.82. The predicted molar refractivity (Wildman–Crippen MR) is 79.6 cm³/mol. The lowest BCUT2D eigenvalue weighted by Gasteiger charge is -2.43. The molecule has 1 aromatic heterocycles. The Morgan fingerprint density at radius 1 is 1.35 bits per heavy atom. The van der Waals surface area contributed by atoms with Crippen molar-refractivity contribution in [3.8, 4) is 0 Å². The highest BCUT2D eigenvalue weighted by molar-refractivity contribution is 5.28. The molecule has 2 aliphatic heterocycles. The predicted octanol–water partition coefficient (Wildman–Crippen LogP) is 2.25. The van der Waals surface area contributed by atoms with Crippen molar-refractivity contribution in [3.05, 3.63) is 29.6 Å². The molecule has 1 saturated heterocycles. The quantitative estimate of drug-likeness (QED) is 0.793. The van der Waals surface area contributed by atoms with Crippen LogP contribution in [0.1, 0.15) is 37.4 Å². The number of allylic oxidation sites excluding steroid dienone is 1. The number of rotatable bonds is 3. The van der Waals surface area contributed by atoms with E-state index in [1.54, 1.807) is 0 Å². The molecule has 0 unspecified atom stereocenters. The van der Waals surface area contributed by atoms with Gasteiger partial charge in [0.2, 0.25) is 0 Å². The Bertz CT molecular complexity index is 484. The van der Waals surface area contributed by atoms with E-state index in [9.17, 15) is 0 Å². The largest absolute Gasteiger partial charge is 0.370 e. The molecular formula is C16H25N3O. The van der Waals surface area contributed by atoms with E-state index < -0.39 is 0 Å². The summed E-state index contributed by atoms with van der Waals surface area (Å²) < 4.78 is 8.25. The lowest BCUT2D eigenvalue weighted by Crippen LogP contribution is -2.46. The van der Waals surface area contributed by atoms with E-state index in [0.29, 0.717) is 0 Å². The molecule has 0 atom stereocenters. The molecule has 0 bridgehead atoms. The molecule has 1 fully saturated rings. The standard InChI is InChI=1S/C16H25N3O/c1-3-4-5-9-19-10-7-16(8-11-19)14-13-17-18(2)15(14)6-12-20-16/h4-5,13H,3,6-12H2,1-2H3. The van der Waals surface area contributed by atoms with Gasteiger partial charge in [-0.25, -0.2) is 0 Å². The second kappa shape index (κ2) is 5.70. The zero-order chi connectivity index (χ0) is 14.0. The Morgan fingerprint density at radius 2 is 2.15 bits per heavy atom. The topological polar surface area (TPSA) is 30.3 Å². The van der Waals surface area contributed by atoms with Gasteiger partial charge in [0.05, 0.1) is 18.4 Å². The van der Waals surface area contributed by atoms with Crippen LogP contribution in [-0.4, -0.2) is 40.9 Å². The lowest BCUT2D eigenvalue weighted by molar-refractivity contribution is -0.0972. The molecule has 4 heteroatoms. The van der Waals surface area contributed by atoms with Crippen molar-refractivity contribution in [1.82, 2.24) is 14.7 Å². The number of hydrogen-bond acceptors (Lipinski definition) is 3. The number of ether oxygens (including phenoxy) is 1. The van der Waals surface area contributed by atoms with Crippen LogP contribution in [-0.2, 0) is 23.8 Å². The maximum atomic E-state index is 6.22. The highest BCUT2D eigenvalue weighted by Crippen LogP contribution is 2.41. The summed E-state index contributed by atoms with van der Waals surface area (Å²) >= 11 is 0. The molecule has 0 aliphatic carbocycles. The SMILES string of the molecule is CCC=CCN1CCC2(CC1)OCCc1c2cnn1C. The van der Waals surface area contributed by atoms with Crippen LogP contribution in [0.3, 0.4) is 0 Å². The zero-order valence-electron chi connectivity index (χ0n) is 12.6. The van der Waals surface area contributed by atoms with Crippen LogP contribution in [0.5, 0.6) is 0 Å². The highest BCUT2D eigenvalue weighted by atomic mass is 16.5. The molecule has 4 nitrogen and oxygen atoms in total. The minimum absolute atomic E-state index is 0.0627. The summed E-state index contributed by atoms with van der Waals surface area (Å²) in [5, 5.41) is 4.44. The number of hydrogen-bond donors (Lipinski definition) is 0. The molecule has 3 heterocycles. The van der Waals surface area contributed by atoms with Crippen LogP contribution < -0.4 is 0 Å². The molecule has 0 saturated carbocycles. The molecule has 20 heavy (non-hydrogen) atoms. The van der Waals surface area contributed by atoms with Crippen molar-refractivity contribution in [2.24, 2.45) is 7.05 Å². The van der Waals surface area contributed by atoms with Crippen LogP contribution in [0.4, 0.5) is 0 Å². The zero-order valence-corrected chi connectivity index (χ0v) is 12.6. The van der Waals surface area contributed by atoms with Crippen molar-refractivity contribution in [2.75, 3.05) is 26.2 Å². The van der Waals surface area contributed by atoms with Gasteiger partial charge in [-0.3, -0.25) is 9.58 Å². The first kappa shape index (κ1) is 13.8. The average molecular weight is 275 g/mol. The number of piperidine rings is 1. The summed E-state index contributed by atoms with van der Waals surface area (Å²) in [6.45, 7) is 6.32. The minimum atomic E-state index is -0.0627. The second-order valence-electron chi connectivity index (χ2n) is 5.90. The summed E-state index contributed by atoms with van der Waals surface area (Å²) in [5.41, 5.74) is 2.65. The van der Waals surface area contributed by atoms with Crippen molar-refractivity contribution >= 4 is 0 Å². The molecule has 2 aliphatic rings. The Morgan fingerprint density at radius 3 is 2.90 bits per heavy atom. The van der Waals surface area contributed by atoms with Crippen LogP contribution in [0.25, 0.3) is 0 Å². The van der Waals surface area contributed by atoms with Crippen LogP contribution in [0, 0.1) is 0 Å². The molecule has 1 aromatic rings. The number of aromatic nitrogens is 2. The van der Waals surface area contributed by atoms with Crippen LogP contribution in [0.15, 0.2) is 18.3 Å². The molecule has 3 rings (SSSR count). The van der Waals surface area contributed by atoms with E-state index >= 15 is 0 Å². The van der Waals surface area contributed by atoms with Gasteiger partial charge < -0.3 is 4.74 Å². The van der Waals surface area contributed by atoms with E-state index in [0.717, 1.165) is 51.9 Å². The van der Waals surface area contributed by atoms with Crippen molar-refractivity contribution in [3.63, 3.8) is 0 Å². The van der Waals surface area contributed by atoms with E-state index in [1.807, 2.05) is 17.9 Å². The Kier molecular flexibility index (Phi) is 3.94. The first-order valence-corrected chi connectivity index (χ1v) is 7.78. The number of aryl methyl sites for hydroxylation is 1. The maximum absolute atomic E-state index is 6.22. The highest BCUT2D eigenvalue weighted by Gasteiger charge is 2.42. The summed E-state index contributed by atoms with van der Waals surface area (Å²) in [6, 6.07) is 0. The van der Waals surface area contributed by atoms with E-state index in [2.05, 4.69) is 29.1 Å². The molecule has 0 N–H and O–H groups in total. The summed E-state index contributed by atoms with van der Waals surface area (Å²) in [5.74, 6) is 0. The van der Waals surface area contributed by atoms with Crippen LogP contribution in [0.2, 0.25) is 0 Å². The van der Waals surface area contributed by atoms with Gasteiger partial charge in [-0.2, -0.15) is 5.10 Å². The van der Waals surface area contributed by atoms with Gasteiger partial charge in [0.1, 0.15) is 0 Å². The fourth-order valence-electron chi connectivity index (χ4n) is 3.46. The third-order valence-corrected chi connectivity index (χ3v) is 4.70. The molecular weight excluding hydrogens is 250 g/mol. The maximum Gasteiger partial charge on any atom is 0.0988 e. The van der Waals surface area contributed by atoms with Gasteiger partial charge >= 0.3 is 0 Å². The van der Waals surface area contributed by atoms with Crippen molar-refractivity contribution in [2.45, 2.75) is 38.2 Å². The van der Waals surface area contributed by atoms with Crippen molar-refractivity contribution in [1.29, 1.82) is 0 Å². The Hall–Kier alpha value is -1.13. The van der Waals surface area contributed by atoms with Crippen molar-refractivity contribution < 1.29 is 4.74 Å². The molecule has 110 valence electrons. The minimum Gasteiger partial charge on any atom is -0.370 e. The first-order chi connectivity index (χ1) is 9.75. The number of nitrogens with zero attached hydrogens (tertiary/aromatic N) is 3. The fourth-order valence-corrected chi connectivity index (χ4v) is 3.46. The van der Waals surface area contributed by atoms with Gasteiger partial charge in [0.25, 0.3) is 0 Å². The van der Waals surface area contributed by atoms with E-state index in [-0.39, 0.29) is 5.60 Å². The van der Waals surface area contributed by atoms with Gasteiger partial charge in [0.15, 0.2) is 0 Å². The van der Waals surface area contributed by atoms with Crippen LogP contribution >= 0.6 is 0 Å². The molecule has 1 spiro atoms. The number of likely N-dealkylation sites (tertiary alicyclic amines) is 1. The Labute approximate surface area is 121 Å². The fraction of sp³-hybridized carbons (Fsp3) is 0.688. The first-order valence-electron chi connectivity index (χ1n) is 7.78. The summed E-state index contributed by atoms with van der Waals surface area (Å²) in [7, 11) is 2.04. The van der Waals surface area contributed by atoms with Gasteiger partial charge in [-0.1, -0.05) is 19.1 Å². The normalized spacial score (nSPS) is 22.5. The summed E-state index contributed by atoms with van der Waals surface area (Å²) in [4.78, 5) is 2.52. The van der Waals surface area contributed by atoms with E-state index in [1.165, 1.54) is 11.3 Å². The third-order valence-electron chi connectivity index (χ3n) is 4.70. The smallest absolute Gasteiger partial charge is 0.0988 e. The Balaban J connectivity index is 1.70. The summed E-state index contributed by atoms with van der Waals surface area (Å²) in [6.07, 6.45) is 10.9. The third kappa shape index (κ3) is 2.42. The monoisotopic (exact) mass is 275 g/mol. The van der Waals surface area contributed by atoms with Gasteiger partial charge in [0, 0.05) is 44.4 Å². The van der Waals surface area contributed by atoms with E-state index in [4.69, 9.17) is 4.74 Å². The molecule has 0 amide bonds. The molecule has 0 radical (unpaired) electrons.